The number of ether oxygens (including phenoxy) is 1. The Labute approximate surface area is 124 Å². The molecule has 1 aromatic heterocycles. The average Bonchev–Trinajstić information content (AvgIpc) is 3.05. The molecule has 21 heavy (non-hydrogen) atoms. The number of amides is 1. The van der Waals surface area contributed by atoms with Gasteiger partial charge >= 0.3 is 6.09 Å². The number of aromatic nitrogens is 1. The zero-order valence-electron chi connectivity index (χ0n) is 12.8. The van der Waals surface area contributed by atoms with E-state index in [0.717, 1.165) is 6.42 Å². The van der Waals surface area contributed by atoms with Crippen molar-refractivity contribution < 1.29 is 14.3 Å². The van der Waals surface area contributed by atoms with Crippen LogP contribution in [0.3, 0.4) is 0 Å². The van der Waals surface area contributed by atoms with Crippen molar-refractivity contribution in [3.05, 3.63) is 24.0 Å². The highest BCUT2D eigenvalue weighted by molar-refractivity contribution is 5.95. The number of likely N-dealkylation sites (tertiary alicyclic amines) is 1. The van der Waals surface area contributed by atoms with Gasteiger partial charge in [0.15, 0.2) is 5.78 Å². The minimum Gasteiger partial charge on any atom is -0.444 e. The first-order valence-corrected chi connectivity index (χ1v) is 7.23. The third-order valence-corrected chi connectivity index (χ3v) is 3.29. The van der Waals surface area contributed by atoms with E-state index < -0.39 is 5.60 Å². The van der Waals surface area contributed by atoms with Gasteiger partial charge < -0.3 is 19.9 Å². The first-order chi connectivity index (χ1) is 9.85. The van der Waals surface area contributed by atoms with Crippen LogP contribution in [-0.2, 0) is 4.74 Å². The summed E-state index contributed by atoms with van der Waals surface area (Å²) in [7, 11) is 0. The smallest absolute Gasteiger partial charge is 0.410 e. The Morgan fingerprint density at radius 3 is 2.86 bits per heavy atom. The lowest BCUT2D eigenvalue weighted by atomic mass is 10.2. The van der Waals surface area contributed by atoms with Crippen LogP contribution in [-0.4, -0.2) is 53.0 Å². The van der Waals surface area contributed by atoms with Crippen LogP contribution in [0.5, 0.6) is 0 Å². The van der Waals surface area contributed by atoms with Crippen molar-refractivity contribution in [3.63, 3.8) is 0 Å². The number of ketones is 1. The van der Waals surface area contributed by atoms with Crippen LogP contribution in [0.2, 0.25) is 0 Å². The lowest BCUT2D eigenvalue weighted by Crippen LogP contribution is -2.39. The molecule has 0 unspecified atom stereocenters. The second-order valence-electron chi connectivity index (χ2n) is 6.30. The van der Waals surface area contributed by atoms with Crippen molar-refractivity contribution in [1.82, 2.24) is 15.2 Å². The Kier molecular flexibility index (Phi) is 4.67. The Bertz CT molecular complexity index is 491. The number of nitrogens with zero attached hydrogens (tertiary/aromatic N) is 1. The summed E-state index contributed by atoms with van der Waals surface area (Å²) in [5.41, 5.74) is 0.121. The van der Waals surface area contributed by atoms with E-state index in [1.807, 2.05) is 20.8 Å². The fraction of sp³-hybridized carbons (Fsp3) is 0.600. The van der Waals surface area contributed by atoms with Gasteiger partial charge in [-0.05, 0) is 39.3 Å². The molecular formula is C15H23N3O3. The van der Waals surface area contributed by atoms with Crippen LogP contribution in [0.15, 0.2) is 18.3 Å². The summed E-state index contributed by atoms with van der Waals surface area (Å²) in [5.74, 6) is 0.0238. The highest BCUT2D eigenvalue weighted by Crippen LogP contribution is 2.15. The van der Waals surface area contributed by atoms with Crippen molar-refractivity contribution >= 4 is 11.9 Å². The number of Topliss-reactive ketones (excluding diaryl/α,β-unsaturated/α-hetero) is 1. The van der Waals surface area contributed by atoms with Crippen molar-refractivity contribution in [2.75, 3.05) is 19.6 Å². The molecule has 0 aromatic carbocycles. The Morgan fingerprint density at radius 2 is 2.24 bits per heavy atom. The summed E-state index contributed by atoms with van der Waals surface area (Å²) >= 11 is 0. The minimum absolute atomic E-state index is 0.0238. The van der Waals surface area contributed by atoms with Crippen molar-refractivity contribution in [2.45, 2.75) is 38.8 Å². The quantitative estimate of drug-likeness (QED) is 0.830. The second-order valence-corrected chi connectivity index (χ2v) is 6.30. The fourth-order valence-electron chi connectivity index (χ4n) is 2.26. The molecule has 0 bridgehead atoms. The highest BCUT2D eigenvalue weighted by Gasteiger charge is 2.29. The van der Waals surface area contributed by atoms with Crippen LogP contribution in [0.4, 0.5) is 4.79 Å². The predicted molar refractivity (Wildman–Crippen MR) is 79.3 cm³/mol. The second kappa shape index (κ2) is 6.30. The summed E-state index contributed by atoms with van der Waals surface area (Å²) < 4.78 is 5.34. The van der Waals surface area contributed by atoms with Crippen molar-refractivity contribution in [2.24, 2.45) is 0 Å². The number of carbonyl (C=O) groups is 2. The molecule has 2 N–H and O–H groups in total. The number of hydrogen-bond donors (Lipinski definition) is 2. The topological polar surface area (TPSA) is 74.4 Å². The summed E-state index contributed by atoms with van der Waals surface area (Å²) in [6, 6.07) is 3.69. The molecule has 2 rings (SSSR count). The van der Waals surface area contributed by atoms with Gasteiger partial charge in [0.25, 0.3) is 0 Å². The zero-order chi connectivity index (χ0) is 15.5. The molecule has 1 atom stereocenters. The van der Waals surface area contributed by atoms with Gasteiger partial charge in [-0.1, -0.05) is 0 Å². The lowest BCUT2D eigenvalue weighted by molar-refractivity contribution is 0.0291. The average molecular weight is 293 g/mol. The molecule has 1 saturated heterocycles. The van der Waals surface area contributed by atoms with Crippen LogP contribution < -0.4 is 5.32 Å². The molecule has 6 nitrogen and oxygen atoms in total. The van der Waals surface area contributed by atoms with Gasteiger partial charge in [-0.2, -0.15) is 0 Å². The maximum absolute atomic E-state index is 11.9. The minimum atomic E-state index is -0.480. The van der Waals surface area contributed by atoms with E-state index >= 15 is 0 Å². The first kappa shape index (κ1) is 15.6. The molecule has 1 aliphatic heterocycles. The van der Waals surface area contributed by atoms with E-state index in [0.29, 0.717) is 18.8 Å². The Morgan fingerprint density at radius 1 is 1.48 bits per heavy atom. The lowest BCUT2D eigenvalue weighted by Gasteiger charge is -2.24. The molecule has 116 valence electrons. The molecule has 0 saturated carbocycles. The molecule has 1 aliphatic rings. The van der Waals surface area contributed by atoms with Gasteiger partial charge in [0, 0.05) is 25.3 Å². The molecule has 1 fully saturated rings. The van der Waals surface area contributed by atoms with Crippen molar-refractivity contribution in [1.29, 1.82) is 0 Å². The number of carbonyl (C=O) groups excluding carboxylic acids is 2. The summed E-state index contributed by atoms with van der Waals surface area (Å²) in [4.78, 5) is 28.4. The van der Waals surface area contributed by atoms with E-state index in [1.54, 1.807) is 23.2 Å². The maximum atomic E-state index is 11.9. The van der Waals surface area contributed by atoms with E-state index in [1.165, 1.54) is 0 Å². The van der Waals surface area contributed by atoms with Crippen LogP contribution in [0, 0.1) is 0 Å². The molecule has 1 amide bonds. The number of hydrogen-bond acceptors (Lipinski definition) is 4. The molecule has 6 heteroatoms. The Balaban J connectivity index is 1.75. The van der Waals surface area contributed by atoms with E-state index in [4.69, 9.17) is 4.74 Å². The van der Waals surface area contributed by atoms with E-state index in [2.05, 4.69) is 10.3 Å². The summed E-state index contributed by atoms with van der Waals surface area (Å²) in [6.45, 7) is 7.06. The van der Waals surface area contributed by atoms with Gasteiger partial charge in [-0.25, -0.2) is 4.79 Å². The SMILES string of the molecule is CC(C)(C)OC(=O)N1CC[C@@H](NCC(=O)c2ccc[nH]2)C1. The molecule has 2 heterocycles. The van der Waals surface area contributed by atoms with E-state index in [-0.39, 0.29) is 24.5 Å². The largest absolute Gasteiger partial charge is 0.444 e. The predicted octanol–water partition coefficient (Wildman–Crippen LogP) is 1.80. The van der Waals surface area contributed by atoms with Gasteiger partial charge in [-0.3, -0.25) is 4.79 Å². The summed E-state index contributed by atoms with van der Waals surface area (Å²) in [5, 5.41) is 3.20. The highest BCUT2D eigenvalue weighted by atomic mass is 16.6. The fourth-order valence-corrected chi connectivity index (χ4v) is 2.26. The number of aromatic amines is 1. The monoisotopic (exact) mass is 293 g/mol. The molecule has 1 aromatic rings. The van der Waals surface area contributed by atoms with Crippen molar-refractivity contribution in [3.8, 4) is 0 Å². The number of nitrogens with one attached hydrogen (secondary N) is 2. The van der Waals surface area contributed by atoms with Gasteiger partial charge in [0.05, 0.1) is 12.2 Å². The maximum Gasteiger partial charge on any atom is 0.410 e. The van der Waals surface area contributed by atoms with Crippen LogP contribution >= 0.6 is 0 Å². The third kappa shape index (κ3) is 4.60. The van der Waals surface area contributed by atoms with Crippen LogP contribution in [0.25, 0.3) is 0 Å². The third-order valence-electron chi connectivity index (χ3n) is 3.29. The molecule has 0 aliphatic carbocycles. The summed E-state index contributed by atoms with van der Waals surface area (Å²) in [6.07, 6.45) is 2.27. The Hall–Kier alpha value is -1.82. The van der Waals surface area contributed by atoms with Gasteiger partial charge in [0.1, 0.15) is 5.60 Å². The molecular weight excluding hydrogens is 270 g/mol. The standard InChI is InChI=1S/C15H23N3O3/c1-15(2,3)21-14(20)18-8-6-11(10-18)17-9-13(19)12-5-4-7-16-12/h4-5,7,11,16-17H,6,8-10H2,1-3H3/t11-/m1/s1. The molecule has 0 spiro atoms. The van der Waals surface area contributed by atoms with Crippen LogP contribution in [0.1, 0.15) is 37.7 Å². The molecule has 0 radical (unpaired) electrons. The van der Waals surface area contributed by atoms with Gasteiger partial charge in [0.2, 0.25) is 0 Å². The van der Waals surface area contributed by atoms with E-state index in [9.17, 15) is 9.59 Å². The zero-order valence-corrected chi connectivity index (χ0v) is 12.8. The number of H-pyrrole nitrogens is 1. The normalized spacial score (nSPS) is 18.8. The first-order valence-electron chi connectivity index (χ1n) is 7.23. The van der Waals surface area contributed by atoms with Gasteiger partial charge in [-0.15, -0.1) is 0 Å². The number of rotatable bonds is 4.